The van der Waals surface area contributed by atoms with Crippen molar-refractivity contribution in [1.29, 1.82) is 0 Å². The minimum atomic E-state index is -0.378. The maximum absolute atomic E-state index is 13.6. The molecular formula is C14H17BrFNO3. The summed E-state index contributed by atoms with van der Waals surface area (Å²) in [7, 11) is 1.30. The maximum atomic E-state index is 13.6. The van der Waals surface area contributed by atoms with Gasteiger partial charge in [-0.1, -0.05) is 22.0 Å². The number of amides is 1. The quantitative estimate of drug-likeness (QED) is 0.806. The molecule has 0 bridgehead atoms. The molecule has 0 heterocycles. The first kappa shape index (κ1) is 16.6. The Kier molecular flexibility index (Phi) is 6.64. The number of hydrogen-bond donors (Lipinski definition) is 1. The van der Waals surface area contributed by atoms with E-state index < -0.39 is 0 Å². The van der Waals surface area contributed by atoms with Crippen molar-refractivity contribution < 1.29 is 18.7 Å². The molecule has 20 heavy (non-hydrogen) atoms. The molecule has 0 unspecified atom stereocenters. The van der Waals surface area contributed by atoms with Gasteiger partial charge in [0, 0.05) is 16.9 Å². The number of hydrogen-bond acceptors (Lipinski definition) is 3. The Hall–Kier alpha value is -1.43. The molecule has 0 aliphatic heterocycles. The molecule has 0 aliphatic carbocycles. The zero-order valence-corrected chi connectivity index (χ0v) is 13.0. The van der Waals surface area contributed by atoms with Gasteiger partial charge in [-0.05, 0) is 31.0 Å². The Morgan fingerprint density at radius 2 is 2.15 bits per heavy atom. The monoisotopic (exact) mass is 345 g/mol. The molecule has 0 aliphatic rings. The average molecular weight is 346 g/mol. The Morgan fingerprint density at radius 3 is 2.75 bits per heavy atom. The van der Waals surface area contributed by atoms with Gasteiger partial charge in [-0.25, -0.2) is 4.39 Å². The second-order valence-corrected chi connectivity index (χ2v) is 5.40. The Labute approximate surface area is 125 Å². The fourth-order valence-electron chi connectivity index (χ4n) is 1.70. The Morgan fingerprint density at radius 1 is 1.45 bits per heavy atom. The molecule has 6 heteroatoms. The van der Waals surface area contributed by atoms with Crippen LogP contribution >= 0.6 is 15.9 Å². The maximum Gasteiger partial charge on any atom is 0.307 e. The number of aryl methyl sites for hydroxylation is 1. The van der Waals surface area contributed by atoms with E-state index in [4.69, 9.17) is 0 Å². The normalized spacial score (nSPS) is 11.8. The van der Waals surface area contributed by atoms with E-state index in [1.807, 2.05) is 0 Å². The zero-order chi connectivity index (χ0) is 15.1. The summed E-state index contributed by atoms with van der Waals surface area (Å²) in [5.41, 5.74) is 0.490. The van der Waals surface area contributed by atoms with Crippen LogP contribution in [0.25, 0.3) is 0 Å². The standard InChI is InChI=1S/C14H17BrFNO3/c1-9(7-14(19)20-2)17-13(18)6-4-10-3-5-11(15)8-12(10)16/h3,5,8-9H,4,6-7H2,1-2H3,(H,17,18)/t9-/m1/s1. The second kappa shape index (κ2) is 7.99. The third-order valence-electron chi connectivity index (χ3n) is 2.74. The van der Waals surface area contributed by atoms with Gasteiger partial charge < -0.3 is 10.1 Å². The van der Waals surface area contributed by atoms with Gasteiger partial charge in [-0.2, -0.15) is 0 Å². The lowest BCUT2D eigenvalue weighted by Gasteiger charge is -2.12. The summed E-state index contributed by atoms with van der Waals surface area (Å²) in [5.74, 6) is -0.935. The van der Waals surface area contributed by atoms with E-state index in [2.05, 4.69) is 26.0 Å². The molecule has 110 valence electrons. The molecule has 1 N–H and O–H groups in total. The number of rotatable bonds is 6. The summed E-state index contributed by atoms with van der Waals surface area (Å²) in [6, 6.07) is 4.44. The predicted molar refractivity (Wildman–Crippen MR) is 76.7 cm³/mol. The molecule has 4 nitrogen and oxygen atoms in total. The molecular weight excluding hydrogens is 329 g/mol. The average Bonchev–Trinajstić information content (AvgIpc) is 2.37. The lowest BCUT2D eigenvalue weighted by molar-refractivity contribution is -0.141. The molecule has 0 spiro atoms. The van der Waals surface area contributed by atoms with Gasteiger partial charge in [0.05, 0.1) is 13.5 Å². The summed E-state index contributed by atoms with van der Waals surface area (Å²) in [6.45, 7) is 1.72. The molecule has 0 saturated carbocycles. The number of esters is 1. The van der Waals surface area contributed by atoms with Crippen LogP contribution in [0, 0.1) is 5.82 Å². The van der Waals surface area contributed by atoms with Crippen molar-refractivity contribution >= 4 is 27.8 Å². The number of methoxy groups -OCH3 is 1. The van der Waals surface area contributed by atoms with E-state index in [0.717, 1.165) is 0 Å². The van der Waals surface area contributed by atoms with Crippen molar-refractivity contribution in [3.8, 4) is 0 Å². The highest BCUT2D eigenvalue weighted by atomic mass is 79.9. The van der Waals surface area contributed by atoms with E-state index >= 15 is 0 Å². The van der Waals surface area contributed by atoms with Crippen LogP contribution in [0.5, 0.6) is 0 Å². The van der Waals surface area contributed by atoms with Crippen LogP contribution in [-0.2, 0) is 20.7 Å². The number of ether oxygens (including phenoxy) is 1. The Bertz CT molecular complexity index is 493. The highest BCUT2D eigenvalue weighted by molar-refractivity contribution is 9.10. The van der Waals surface area contributed by atoms with Gasteiger partial charge in [-0.3, -0.25) is 9.59 Å². The molecule has 1 aromatic rings. The third-order valence-corrected chi connectivity index (χ3v) is 3.24. The SMILES string of the molecule is COC(=O)C[C@@H](C)NC(=O)CCc1ccc(Br)cc1F. The molecule has 1 aromatic carbocycles. The second-order valence-electron chi connectivity index (χ2n) is 4.48. The van der Waals surface area contributed by atoms with Crippen molar-refractivity contribution in [3.05, 3.63) is 34.1 Å². The fourth-order valence-corrected chi connectivity index (χ4v) is 2.04. The highest BCUT2D eigenvalue weighted by Gasteiger charge is 2.12. The minimum Gasteiger partial charge on any atom is -0.469 e. The van der Waals surface area contributed by atoms with E-state index in [0.29, 0.717) is 16.5 Å². The number of carbonyl (C=O) groups is 2. The summed E-state index contributed by atoms with van der Waals surface area (Å²) in [4.78, 5) is 22.7. The first-order chi connectivity index (χ1) is 9.42. The van der Waals surface area contributed by atoms with E-state index in [1.165, 1.54) is 13.2 Å². The van der Waals surface area contributed by atoms with Crippen LogP contribution in [0.15, 0.2) is 22.7 Å². The van der Waals surface area contributed by atoms with Crippen molar-refractivity contribution in [2.45, 2.75) is 32.2 Å². The summed E-state index contributed by atoms with van der Waals surface area (Å²) >= 11 is 3.18. The van der Waals surface area contributed by atoms with Gasteiger partial charge in [-0.15, -0.1) is 0 Å². The number of halogens is 2. The van der Waals surface area contributed by atoms with E-state index in [-0.39, 0.29) is 36.6 Å². The van der Waals surface area contributed by atoms with E-state index in [1.54, 1.807) is 19.1 Å². The molecule has 1 atom stereocenters. The van der Waals surface area contributed by atoms with Crippen LogP contribution in [-0.4, -0.2) is 25.0 Å². The minimum absolute atomic E-state index is 0.120. The first-order valence-electron chi connectivity index (χ1n) is 6.22. The van der Waals surface area contributed by atoms with Gasteiger partial charge in [0.15, 0.2) is 0 Å². The topological polar surface area (TPSA) is 55.4 Å². The molecule has 0 saturated heterocycles. The molecule has 1 rings (SSSR count). The van der Waals surface area contributed by atoms with Crippen molar-refractivity contribution in [3.63, 3.8) is 0 Å². The van der Waals surface area contributed by atoms with Gasteiger partial charge >= 0.3 is 5.97 Å². The number of carbonyl (C=O) groups excluding carboxylic acids is 2. The first-order valence-corrected chi connectivity index (χ1v) is 7.01. The van der Waals surface area contributed by atoms with Crippen molar-refractivity contribution in [2.24, 2.45) is 0 Å². The number of benzene rings is 1. The zero-order valence-electron chi connectivity index (χ0n) is 11.4. The van der Waals surface area contributed by atoms with Crippen LogP contribution in [0.1, 0.15) is 25.3 Å². The molecule has 0 fully saturated rings. The van der Waals surface area contributed by atoms with Crippen LogP contribution in [0.4, 0.5) is 4.39 Å². The largest absolute Gasteiger partial charge is 0.469 e. The predicted octanol–water partition coefficient (Wildman–Crippen LogP) is 2.59. The molecule has 0 radical (unpaired) electrons. The van der Waals surface area contributed by atoms with Crippen molar-refractivity contribution in [2.75, 3.05) is 7.11 Å². The lowest BCUT2D eigenvalue weighted by Crippen LogP contribution is -2.34. The number of nitrogens with one attached hydrogen (secondary N) is 1. The Balaban J connectivity index is 2.41. The highest BCUT2D eigenvalue weighted by Crippen LogP contribution is 2.16. The summed E-state index contributed by atoms with van der Waals surface area (Å²) in [6.07, 6.45) is 0.606. The van der Waals surface area contributed by atoms with Crippen LogP contribution in [0.3, 0.4) is 0 Å². The van der Waals surface area contributed by atoms with Crippen molar-refractivity contribution in [1.82, 2.24) is 5.32 Å². The lowest BCUT2D eigenvalue weighted by atomic mass is 10.1. The fraction of sp³-hybridized carbons (Fsp3) is 0.429. The molecule has 1 amide bonds. The van der Waals surface area contributed by atoms with Gasteiger partial charge in [0.25, 0.3) is 0 Å². The van der Waals surface area contributed by atoms with E-state index in [9.17, 15) is 14.0 Å². The summed E-state index contributed by atoms with van der Waals surface area (Å²) < 4.78 is 18.7. The van der Waals surface area contributed by atoms with Crippen LogP contribution < -0.4 is 5.32 Å². The third kappa shape index (κ3) is 5.69. The smallest absolute Gasteiger partial charge is 0.307 e. The van der Waals surface area contributed by atoms with Crippen LogP contribution in [0.2, 0.25) is 0 Å². The molecule has 0 aromatic heterocycles. The van der Waals surface area contributed by atoms with Gasteiger partial charge in [0.2, 0.25) is 5.91 Å². The summed E-state index contributed by atoms with van der Waals surface area (Å²) in [5, 5.41) is 2.67. The van der Waals surface area contributed by atoms with Gasteiger partial charge in [0.1, 0.15) is 5.82 Å².